The molecular weight excluding hydrogens is 559 g/mol. The molecule has 3 N–H and O–H groups in total. The summed E-state index contributed by atoms with van der Waals surface area (Å²) < 4.78 is 25.2. The molecule has 0 spiro atoms. The van der Waals surface area contributed by atoms with E-state index in [1.54, 1.807) is 25.3 Å². The second-order valence-electron chi connectivity index (χ2n) is 12.6. The van der Waals surface area contributed by atoms with Crippen molar-refractivity contribution in [3.8, 4) is 28.5 Å². The zero-order valence-corrected chi connectivity index (χ0v) is 24.8. The number of rotatable bonds is 7. The van der Waals surface area contributed by atoms with Gasteiger partial charge < -0.3 is 29.6 Å². The number of piperidine rings is 1. The third-order valence-corrected chi connectivity index (χ3v) is 9.95. The summed E-state index contributed by atoms with van der Waals surface area (Å²) in [5.41, 5.74) is 11.2. The number of carbonyl (C=O) groups is 1. The Labute approximate surface area is 254 Å². The number of aliphatic hydroxyl groups is 1. The number of aromatic nitrogens is 4. The number of benzene rings is 2. The highest BCUT2D eigenvalue weighted by Crippen LogP contribution is 2.40. The van der Waals surface area contributed by atoms with E-state index in [1.807, 2.05) is 40.8 Å². The molecule has 8 rings (SSSR count). The number of likely N-dealkylation sites (tertiary alicyclic amines) is 1. The van der Waals surface area contributed by atoms with E-state index in [1.165, 1.54) is 0 Å². The first-order chi connectivity index (χ1) is 21.4. The first-order valence-corrected chi connectivity index (χ1v) is 15.4. The second-order valence-corrected chi connectivity index (χ2v) is 12.6. The standard InChI is InChI=1S/C34H35FN6O3/c1-39-31-25(12-22(14-28(31)44-2)34(43)41-16-20-9-11-26(41)30(20)36)38-33(39)27-13-19-8-10-24(23-5-3-4-21(17-42)29(23)35)37-32(19)40(27)15-18-6-7-18/h3-5,8,10,12-14,18,20,26,30,42H,6-7,9,11,15-17,36H2,1-2H3. The quantitative estimate of drug-likeness (QED) is 0.278. The Morgan fingerprint density at radius 3 is 2.66 bits per heavy atom. The van der Waals surface area contributed by atoms with Gasteiger partial charge in [-0.2, -0.15) is 0 Å². The summed E-state index contributed by atoms with van der Waals surface area (Å²) in [4.78, 5) is 25.7. The first-order valence-electron chi connectivity index (χ1n) is 15.4. The number of carbonyl (C=O) groups excluding carboxylic acids is 1. The second kappa shape index (κ2) is 10.1. The number of nitrogens with two attached hydrogens (primary N) is 1. The van der Waals surface area contributed by atoms with E-state index in [9.17, 15) is 9.90 Å². The summed E-state index contributed by atoms with van der Waals surface area (Å²) in [6, 6.07) is 14.7. The van der Waals surface area contributed by atoms with Crippen LogP contribution in [0.25, 0.3) is 44.8 Å². The van der Waals surface area contributed by atoms with E-state index >= 15 is 4.39 Å². The van der Waals surface area contributed by atoms with Gasteiger partial charge in [-0.1, -0.05) is 12.1 Å². The predicted molar refractivity (Wildman–Crippen MR) is 166 cm³/mol. The molecule has 3 fully saturated rings. The minimum absolute atomic E-state index is 0.0304. The van der Waals surface area contributed by atoms with Gasteiger partial charge in [-0.05, 0) is 73.9 Å². The molecular formula is C34H35FN6O3. The molecule has 226 valence electrons. The van der Waals surface area contributed by atoms with E-state index in [-0.39, 0.29) is 30.2 Å². The highest BCUT2D eigenvalue weighted by atomic mass is 19.1. The molecule has 10 heteroatoms. The number of ether oxygens (including phenoxy) is 1. The van der Waals surface area contributed by atoms with E-state index in [0.29, 0.717) is 46.5 Å². The molecule has 9 nitrogen and oxygen atoms in total. The van der Waals surface area contributed by atoms with Crippen LogP contribution in [0.4, 0.5) is 4.39 Å². The number of fused-ring (bicyclic) bond motifs is 4. The summed E-state index contributed by atoms with van der Waals surface area (Å²) in [5.74, 6) is 1.74. The van der Waals surface area contributed by atoms with Crippen molar-refractivity contribution in [3.05, 3.63) is 65.5 Å². The lowest BCUT2D eigenvalue weighted by Gasteiger charge is -2.27. The van der Waals surface area contributed by atoms with Gasteiger partial charge in [-0.3, -0.25) is 4.79 Å². The number of aryl methyl sites for hydroxylation is 1. The fraction of sp³-hybridized carbons (Fsp3) is 0.382. The molecule has 3 aromatic heterocycles. The van der Waals surface area contributed by atoms with Crippen LogP contribution in [0.1, 0.15) is 41.6 Å². The molecule has 2 saturated carbocycles. The van der Waals surface area contributed by atoms with Crippen LogP contribution in [0.2, 0.25) is 0 Å². The van der Waals surface area contributed by atoms with Gasteiger partial charge in [0.25, 0.3) is 5.91 Å². The topological polar surface area (TPSA) is 111 Å². The fourth-order valence-electron chi connectivity index (χ4n) is 7.37. The largest absolute Gasteiger partial charge is 0.494 e. The van der Waals surface area contributed by atoms with Crippen LogP contribution >= 0.6 is 0 Å². The molecule has 44 heavy (non-hydrogen) atoms. The van der Waals surface area contributed by atoms with E-state index < -0.39 is 5.82 Å². The van der Waals surface area contributed by atoms with Crippen LogP contribution in [0, 0.1) is 17.7 Å². The lowest BCUT2D eigenvalue weighted by molar-refractivity contribution is 0.0700. The van der Waals surface area contributed by atoms with Crippen molar-refractivity contribution in [1.29, 1.82) is 0 Å². The smallest absolute Gasteiger partial charge is 0.254 e. The molecule has 3 atom stereocenters. The summed E-state index contributed by atoms with van der Waals surface area (Å²) >= 11 is 0. The van der Waals surface area contributed by atoms with Gasteiger partial charge in [0.2, 0.25) is 0 Å². The highest BCUT2D eigenvalue weighted by molar-refractivity contribution is 6.00. The van der Waals surface area contributed by atoms with Crippen molar-refractivity contribution >= 4 is 28.0 Å². The Morgan fingerprint density at radius 1 is 1.11 bits per heavy atom. The number of hydrogen-bond donors (Lipinski definition) is 2. The third kappa shape index (κ3) is 4.15. The molecule has 3 unspecified atom stereocenters. The Balaban J connectivity index is 1.25. The number of halogens is 1. The fourth-order valence-corrected chi connectivity index (χ4v) is 7.37. The van der Waals surface area contributed by atoms with Crippen molar-refractivity contribution in [2.24, 2.45) is 24.6 Å². The normalized spacial score (nSPS) is 21.2. The van der Waals surface area contributed by atoms with Gasteiger partial charge in [-0.15, -0.1) is 0 Å². The van der Waals surface area contributed by atoms with Gasteiger partial charge in [-0.25, -0.2) is 14.4 Å². The van der Waals surface area contributed by atoms with E-state index in [2.05, 4.69) is 10.6 Å². The monoisotopic (exact) mass is 594 g/mol. The number of aliphatic hydroxyl groups excluding tert-OH is 1. The van der Waals surface area contributed by atoms with Crippen LogP contribution < -0.4 is 10.5 Å². The van der Waals surface area contributed by atoms with Gasteiger partial charge in [0.1, 0.15) is 22.7 Å². The SMILES string of the molecule is COc1cc(C(=O)N2CC3CCC2C3N)cc2nc(-c3cc4ccc(-c5cccc(CO)c5F)nc4n3CC3CC3)n(C)c12. The maximum atomic E-state index is 15.2. The molecule has 0 radical (unpaired) electrons. The van der Waals surface area contributed by atoms with Crippen LogP contribution in [-0.4, -0.2) is 60.8 Å². The average molecular weight is 595 g/mol. The molecule has 3 aliphatic rings. The Morgan fingerprint density at radius 2 is 1.95 bits per heavy atom. The third-order valence-electron chi connectivity index (χ3n) is 9.95. The minimum Gasteiger partial charge on any atom is -0.494 e. The zero-order chi connectivity index (χ0) is 30.3. The molecule has 1 saturated heterocycles. The lowest BCUT2D eigenvalue weighted by Crippen LogP contribution is -2.41. The molecule has 1 amide bonds. The highest BCUT2D eigenvalue weighted by Gasteiger charge is 2.47. The number of amides is 1. The predicted octanol–water partition coefficient (Wildman–Crippen LogP) is 4.87. The molecule has 2 aromatic carbocycles. The van der Waals surface area contributed by atoms with Gasteiger partial charge in [0.05, 0.1) is 30.6 Å². The Bertz CT molecular complexity index is 1960. The zero-order valence-electron chi connectivity index (χ0n) is 24.8. The molecule has 2 aliphatic carbocycles. The average Bonchev–Trinajstić information content (AvgIpc) is 3.44. The van der Waals surface area contributed by atoms with Crippen LogP contribution in [0.15, 0.2) is 48.5 Å². The maximum absolute atomic E-state index is 15.2. The van der Waals surface area contributed by atoms with Crippen molar-refractivity contribution in [3.63, 3.8) is 0 Å². The van der Waals surface area contributed by atoms with Crippen molar-refractivity contribution in [2.75, 3.05) is 13.7 Å². The Kier molecular flexibility index (Phi) is 6.29. The molecule has 1 aliphatic heterocycles. The number of imidazole rings is 1. The van der Waals surface area contributed by atoms with Crippen molar-refractivity contribution < 1.29 is 19.0 Å². The van der Waals surface area contributed by atoms with Crippen LogP contribution in [-0.2, 0) is 20.2 Å². The minimum atomic E-state index is -0.459. The summed E-state index contributed by atoms with van der Waals surface area (Å²) in [6.07, 6.45) is 4.33. The summed E-state index contributed by atoms with van der Waals surface area (Å²) in [5, 5.41) is 10.5. The number of hydrogen-bond acceptors (Lipinski definition) is 6. The maximum Gasteiger partial charge on any atom is 0.254 e. The number of nitrogens with zero attached hydrogens (tertiary/aromatic N) is 5. The molecule has 5 aromatic rings. The van der Waals surface area contributed by atoms with Crippen LogP contribution in [0.5, 0.6) is 5.75 Å². The molecule has 4 heterocycles. The number of pyridine rings is 1. The number of methoxy groups -OCH3 is 1. The van der Waals surface area contributed by atoms with E-state index in [4.69, 9.17) is 20.4 Å². The van der Waals surface area contributed by atoms with Gasteiger partial charge in [0, 0.05) is 54.3 Å². The van der Waals surface area contributed by atoms with Crippen molar-refractivity contribution in [2.45, 2.75) is 50.9 Å². The summed E-state index contributed by atoms with van der Waals surface area (Å²) in [6.45, 7) is 1.10. The van der Waals surface area contributed by atoms with Crippen molar-refractivity contribution in [1.82, 2.24) is 24.0 Å². The summed E-state index contributed by atoms with van der Waals surface area (Å²) in [7, 11) is 3.57. The van der Waals surface area contributed by atoms with Gasteiger partial charge in [0.15, 0.2) is 5.82 Å². The van der Waals surface area contributed by atoms with Gasteiger partial charge >= 0.3 is 0 Å². The Hall–Kier alpha value is -4.28. The first kappa shape index (κ1) is 27.3. The molecule has 2 bridgehead atoms. The van der Waals surface area contributed by atoms with Crippen LogP contribution in [0.3, 0.4) is 0 Å². The lowest BCUT2D eigenvalue weighted by atomic mass is 10.1. The van der Waals surface area contributed by atoms with E-state index in [0.717, 1.165) is 60.3 Å².